The number of nitrogens with one attached hydrogen (secondary N) is 2. The number of rotatable bonds is 6. The van der Waals surface area contributed by atoms with Crippen LogP contribution in [0.4, 0.5) is 5.82 Å². The van der Waals surface area contributed by atoms with E-state index in [1.54, 1.807) is 0 Å². The zero-order valence-corrected chi connectivity index (χ0v) is 15.7. The topological polar surface area (TPSA) is 66.9 Å². The maximum absolute atomic E-state index is 12.4. The molecule has 1 aliphatic carbocycles. The highest BCUT2D eigenvalue weighted by molar-refractivity contribution is 8.00. The molecule has 1 aromatic carbocycles. The molecule has 3 rings (SSSR count). The highest BCUT2D eigenvalue weighted by Gasteiger charge is 2.19. The van der Waals surface area contributed by atoms with Gasteiger partial charge in [0.1, 0.15) is 5.82 Å². The summed E-state index contributed by atoms with van der Waals surface area (Å²) >= 11 is 1.41. The molecule has 0 bridgehead atoms. The van der Waals surface area contributed by atoms with E-state index in [0.717, 1.165) is 23.3 Å². The van der Waals surface area contributed by atoms with Crippen LogP contribution in [0, 0.1) is 5.92 Å². The average Bonchev–Trinajstić information content (AvgIpc) is 2.66. The molecule has 1 atom stereocenters. The normalized spacial score (nSPS) is 16.6. The molecule has 0 unspecified atom stereocenters. The van der Waals surface area contributed by atoms with E-state index in [2.05, 4.69) is 20.6 Å². The van der Waals surface area contributed by atoms with E-state index in [-0.39, 0.29) is 11.2 Å². The molecule has 0 aliphatic heterocycles. The smallest absolute Gasteiger partial charge is 0.233 e. The Morgan fingerprint density at radius 3 is 2.76 bits per heavy atom. The second kappa shape index (κ2) is 8.52. The van der Waals surface area contributed by atoms with E-state index in [4.69, 9.17) is 0 Å². The van der Waals surface area contributed by atoms with Gasteiger partial charge in [0, 0.05) is 19.0 Å². The van der Waals surface area contributed by atoms with E-state index in [1.165, 1.54) is 43.9 Å². The molecule has 1 fully saturated rings. The van der Waals surface area contributed by atoms with E-state index < -0.39 is 0 Å². The van der Waals surface area contributed by atoms with Crippen LogP contribution in [0.3, 0.4) is 0 Å². The van der Waals surface area contributed by atoms with E-state index in [9.17, 15) is 4.79 Å². The van der Waals surface area contributed by atoms with Gasteiger partial charge in [-0.1, -0.05) is 43.2 Å². The largest absolute Gasteiger partial charge is 0.372 e. The van der Waals surface area contributed by atoms with Gasteiger partial charge in [-0.2, -0.15) is 0 Å². The summed E-state index contributed by atoms with van der Waals surface area (Å²) in [5, 5.41) is 7.63. The number of amides is 1. The molecular formula is C19H26N4OS. The van der Waals surface area contributed by atoms with Gasteiger partial charge in [0.05, 0.1) is 10.8 Å². The lowest BCUT2D eigenvalue weighted by atomic mass is 9.89. The molecule has 134 valence electrons. The Morgan fingerprint density at radius 2 is 2.00 bits per heavy atom. The van der Waals surface area contributed by atoms with Crippen molar-refractivity contribution in [1.29, 1.82) is 0 Å². The molecule has 2 N–H and O–H groups in total. The number of aromatic nitrogens is 2. The van der Waals surface area contributed by atoms with Crippen molar-refractivity contribution in [3.8, 4) is 0 Å². The summed E-state index contributed by atoms with van der Waals surface area (Å²) in [5.74, 6) is 1.50. The predicted octanol–water partition coefficient (Wildman–Crippen LogP) is 3.85. The number of thioether (sulfide) groups is 1. The summed E-state index contributed by atoms with van der Waals surface area (Å²) in [4.78, 5) is 21.5. The first-order chi connectivity index (χ1) is 12.2. The summed E-state index contributed by atoms with van der Waals surface area (Å²) in [6, 6.07) is 7.90. The monoisotopic (exact) mass is 358 g/mol. The number of hydrogen-bond acceptors (Lipinski definition) is 5. The minimum atomic E-state index is -0.213. The van der Waals surface area contributed by atoms with Crippen LogP contribution in [0.1, 0.15) is 39.0 Å². The highest BCUT2D eigenvalue weighted by Crippen LogP contribution is 2.27. The van der Waals surface area contributed by atoms with Gasteiger partial charge in [-0.3, -0.25) is 4.79 Å². The zero-order chi connectivity index (χ0) is 17.6. The van der Waals surface area contributed by atoms with Crippen LogP contribution < -0.4 is 10.6 Å². The third-order valence-corrected chi connectivity index (χ3v) is 5.72. The van der Waals surface area contributed by atoms with Crippen LogP contribution in [0.25, 0.3) is 10.9 Å². The quantitative estimate of drug-likeness (QED) is 0.606. The second-order valence-electron chi connectivity index (χ2n) is 6.63. The molecular weight excluding hydrogens is 332 g/mol. The molecule has 0 spiro atoms. The molecule has 1 aliphatic rings. The Kier molecular flexibility index (Phi) is 6.13. The second-order valence-corrected chi connectivity index (χ2v) is 7.94. The summed E-state index contributed by atoms with van der Waals surface area (Å²) in [6.07, 6.45) is 6.40. The van der Waals surface area contributed by atoms with Crippen molar-refractivity contribution < 1.29 is 4.79 Å². The molecule has 25 heavy (non-hydrogen) atoms. The Labute approximate surface area is 153 Å². The maximum Gasteiger partial charge on any atom is 0.233 e. The summed E-state index contributed by atoms with van der Waals surface area (Å²) in [6.45, 7) is 2.71. The van der Waals surface area contributed by atoms with Crippen LogP contribution in [0.5, 0.6) is 0 Å². The minimum Gasteiger partial charge on any atom is -0.372 e. The van der Waals surface area contributed by atoms with E-state index in [0.29, 0.717) is 11.1 Å². The number of hydrogen-bond donors (Lipinski definition) is 2. The van der Waals surface area contributed by atoms with E-state index >= 15 is 0 Å². The number of carbonyl (C=O) groups excluding carboxylic acids is 1. The molecule has 2 aromatic rings. The number of carbonyl (C=O) groups is 1. The molecule has 1 saturated carbocycles. The van der Waals surface area contributed by atoms with Gasteiger partial charge in [-0.15, -0.1) is 0 Å². The lowest BCUT2D eigenvalue weighted by Gasteiger charge is -2.22. The van der Waals surface area contributed by atoms with Crippen molar-refractivity contribution in [1.82, 2.24) is 15.3 Å². The molecule has 5 nitrogen and oxygen atoms in total. The van der Waals surface area contributed by atoms with Gasteiger partial charge < -0.3 is 10.6 Å². The Bertz CT molecular complexity index is 730. The molecule has 1 aromatic heterocycles. The molecule has 6 heteroatoms. The van der Waals surface area contributed by atoms with Gasteiger partial charge in [0.15, 0.2) is 5.16 Å². The maximum atomic E-state index is 12.4. The molecule has 1 heterocycles. The fourth-order valence-corrected chi connectivity index (χ4v) is 4.09. The number of benzene rings is 1. The van der Waals surface area contributed by atoms with Crippen LogP contribution in [0.15, 0.2) is 29.4 Å². The van der Waals surface area contributed by atoms with Crippen molar-refractivity contribution in [2.75, 3.05) is 18.9 Å². The van der Waals surface area contributed by atoms with Crippen LogP contribution in [-0.2, 0) is 4.79 Å². The minimum absolute atomic E-state index is 0.0679. The molecule has 0 radical (unpaired) electrons. The van der Waals surface area contributed by atoms with Crippen molar-refractivity contribution in [3.05, 3.63) is 24.3 Å². The summed E-state index contributed by atoms with van der Waals surface area (Å²) in [5.41, 5.74) is 0.888. The molecule has 1 amide bonds. The van der Waals surface area contributed by atoms with Gasteiger partial charge in [-0.05, 0) is 37.8 Å². The fraction of sp³-hybridized carbons (Fsp3) is 0.526. The first-order valence-electron chi connectivity index (χ1n) is 9.06. The van der Waals surface area contributed by atoms with Crippen molar-refractivity contribution in [2.45, 2.75) is 49.4 Å². The standard InChI is InChI=1S/C19H26N4OS/c1-13(18(24)21-12-14-8-4-3-5-9-14)25-19-22-16-11-7-6-10-15(16)17(20-2)23-19/h6-7,10-11,13-14H,3-5,8-9,12H2,1-2H3,(H,21,24)(H,20,22,23)/t13-/m0/s1. The number of nitrogens with zero attached hydrogens (tertiary/aromatic N) is 2. The van der Waals surface area contributed by atoms with Crippen LogP contribution in [0.2, 0.25) is 0 Å². The number of para-hydroxylation sites is 1. The van der Waals surface area contributed by atoms with Crippen molar-refractivity contribution in [3.63, 3.8) is 0 Å². The SMILES string of the molecule is CNc1nc(S[C@@H](C)C(=O)NCC2CCCCC2)nc2ccccc12. The highest BCUT2D eigenvalue weighted by atomic mass is 32.2. The third-order valence-electron chi connectivity index (χ3n) is 4.76. The predicted molar refractivity (Wildman–Crippen MR) is 104 cm³/mol. The zero-order valence-electron chi connectivity index (χ0n) is 14.9. The van der Waals surface area contributed by atoms with Crippen molar-refractivity contribution >= 4 is 34.4 Å². The van der Waals surface area contributed by atoms with Gasteiger partial charge in [-0.25, -0.2) is 9.97 Å². The van der Waals surface area contributed by atoms with Crippen LogP contribution >= 0.6 is 11.8 Å². The average molecular weight is 359 g/mol. The summed E-state index contributed by atoms with van der Waals surface area (Å²) in [7, 11) is 1.85. The Morgan fingerprint density at radius 1 is 1.24 bits per heavy atom. The lowest BCUT2D eigenvalue weighted by molar-refractivity contribution is -0.120. The lowest BCUT2D eigenvalue weighted by Crippen LogP contribution is -2.35. The Hall–Kier alpha value is -1.82. The van der Waals surface area contributed by atoms with Crippen molar-refractivity contribution in [2.24, 2.45) is 5.92 Å². The van der Waals surface area contributed by atoms with Gasteiger partial charge in [0.2, 0.25) is 5.91 Å². The number of fused-ring (bicyclic) bond motifs is 1. The fourth-order valence-electron chi connectivity index (χ4n) is 3.29. The first-order valence-corrected chi connectivity index (χ1v) is 9.94. The Balaban J connectivity index is 1.62. The van der Waals surface area contributed by atoms with Gasteiger partial charge >= 0.3 is 0 Å². The molecule has 0 saturated heterocycles. The van der Waals surface area contributed by atoms with Crippen LogP contribution in [-0.4, -0.2) is 34.7 Å². The third kappa shape index (κ3) is 4.63. The summed E-state index contributed by atoms with van der Waals surface area (Å²) < 4.78 is 0. The van der Waals surface area contributed by atoms with Gasteiger partial charge in [0.25, 0.3) is 0 Å². The number of anilines is 1. The first kappa shape index (κ1) is 18.0. The van der Waals surface area contributed by atoms with E-state index in [1.807, 2.05) is 38.2 Å².